The second kappa shape index (κ2) is 4.03. The third-order valence-corrected chi connectivity index (χ3v) is 2.55. The van der Waals surface area contributed by atoms with Gasteiger partial charge in [0.25, 0.3) is 0 Å². The fourth-order valence-corrected chi connectivity index (χ4v) is 1.66. The Morgan fingerprint density at radius 3 is 2.62 bits per heavy atom. The lowest BCUT2D eigenvalue weighted by Crippen LogP contribution is -2.16. The van der Waals surface area contributed by atoms with Gasteiger partial charge in [0.15, 0.2) is 0 Å². The van der Waals surface area contributed by atoms with Gasteiger partial charge >= 0.3 is 0 Å². The summed E-state index contributed by atoms with van der Waals surface area (Å²) in [6.07, 6.45) is 2.51. The number of carbonyl (C=O) groups is 1. The zero-order valence-electron chi connectivity index (χ0n) is 7.97. The molecular weight excluding hydrogens is 168 g/mol. The van der Waals surface area contributed by atoms with Crippen LogP contribution in [-0.4, -0.2) is 28.2 Å². The van der Waals surface area contributed by atoms with Crippen LogP contribution in [0.1, 0.15) is 20.3 Å². The molecule has 0 spiro atoms. The standard InChI is InChI=1S/C10H16O3/c1-6(11)3-4-8-7(2)9(12)5-10(8)13/h3-4,6-8,10-11,13H,5H2,1-2H3/b4-3+/t6-,7+,8?,10+/m0/s1. The highest BCUT2D eigenvalue weighted by Crippen LogP contribution is 2.29. The molecule has 1 aliphatic carbocycles. The molecule has 0 saturated heterocycles. The van der Waals surface area contributed by atoms with Crippen LogP contribution in [0.2, 0.25) is 0 Å². The van der Waals surface area contributed by atoms with E-state index in [9.17, 15) is 9.90 Å². The van der Waals surface area contributed by atoms with E-state index in [0.717, 1.165) is 0 Å². The van der Waals surface area contributed by atoms with E-state index in [1.807, 2.05) is 6.92 Å². The van der Waals surface area contributed by atoms with E-state index in [2.05, 4.69) is 0 Å². The van der Waals surface area contributed by atoms with Crippen LogP contribution in [0.3, 0.4) is 0 Å². The molecule has 1 fully saturated rings. The van der Waals surface area contributed by atoms with E-state index in [1.54, 1.807) is 19.1 Å². The number of rotatable bonds is 2. The predicted octanol–water partition coefficient (Wildman–Crippen LogP) is 0.509. The summed E-state index contributed by atoms with van der Waals surface area (Å²) in [6, 6.07) is 0. The Kier molecular flexibility index (Phi) is 3.22. The summed E-state index contributed by atoms with van der Waals surface area (Å²) in [4.78, 5) is 11.2. The molecular formula is C10H16O3. The summed E-state index contributed by atoms with van der Waals surface area (Å²) in [6.45, 7) is 3.46. The lowest BCUT2D eigenvalue weighted by atomic mass is 9.95. The van der Waals surface area contributed by atoms with Crippen LogP contribution >= 0.6 is 0 Å². The van der Waals surface area contributed by atoms with Crippen molar-refractivity contribution in [1.82, 2.24) is 0 Å². The molecule has 4 atom stereocenters. The second-order valence-corrected chi connectivity index (χ2v) is 3.73. The van der Waals surface area contributed by atoms with Gasteiger partial charge in [-0.15, -0.1) is 0 Å². The largest absolute Gasteiger partial charge is 0.392 e. The van der Waals surface area contributed by atoms with Crippen LogP contribution in [-0.2, 0) is 4.79 Å². The highest BCUT2D eigenvalue weighted by molar-refractivity contribution is 5.84. The minimum Gasteiger partial charge on any atom is -0.392 e. The van der Waals surface area contributed by atoms with Crippen molar-refractivity contribution >= 4 is 5.78 Å². The molecule has 3 nitrogen and oxygen atoms in total. The van der Waals surface area contributed by atoms with Crippen LogP contribution in [0.25, 0.3) is 0 Å². The Morgan fingerprint density at radius 2 is 2.23 bits per heavy atom. The molecule has 1 saturated carbocycles. The van der Waals surface area contributed by atoms with Gasteiger partial charge in [-0.05, 0) is 6.92 Å². The van der Waals surface area contributed by atoms with Gasteiger partial charge in [-0.25, -0.2) is 0 Å². The first-order chi connectivity index (χ1) is 6.02. The molecule has 0 aromatic rings. The van der Waals surface area contributed by atoms with Crippen LogP contribution in [0.15, 0.2) is 12.2 Å². The normalized spacial score (nSPS) is 37.2. The molecule has 74 valence electrons. The van der Waals surface area contributed by atoms with Crippen molar-refractivity contribution in [2.45, 2.75) is 32.5 Å². The van der Waals surface area contributed by atoms with E-state index in [-0.39, 0.29) is 24.0 Å². The van der Waals surface area contributed by atoms with Crippen molar-refractivity contribution in [3.05, 3.63) is 12.2 Å². The van der Waals surface area contributed by atoms with E-state index in [0.29, 0.717) is 0 Å². The van der Waals surface area contributed by atoms with Crippen molar-refractivity contribution in [3.63, 3.8) is 0 Å². The maximum absolute atomic E-state index is 11.2. The molecule has 0 aromatic heterocycles. The molecule has 0 radical (unpaired) electrons. The fourth-order valence-electron chi connectivity index (χ4n) is 1.66. The van der Waals surface area contributed by atoms with Gasteiger partial charge in [0, 0.05) is 18.3 Å². The SMILES string of the molecule is C[C@H](O)/C=C/C1[C@H](O)CC(=O)[C@@H]1C. The summed E-state index contributed by atoms with van der Waals surface area (Å²) in [5, 5.41) is 18.5. The number of Topliss-reactive ketones (excluding diaryl/α,β-unsaturated/α-hetero) is 1. The number of aliphatic hydroxyl groups excluding tert-OH is 2. The van der Waals surface area contributed by atoms with Crippen LogP contribution in [0.4, 0.5) is 0 Å². The molecule has 0 bridgehead atoms. The Balaban J connectivity index is 2.63. The molecule has 1 unspecified atom stereocenters. The Morgan fingerprint density at radius 1 is 1.62 bits per heavy atom. The molecule has 3 heteroatoms. The minimum absolute atomic E-state index is 0.104. The number of aliphatic hydroxyl groups is 2. The maximum atomic E-state index is 11.2. The molecule has 0 amide bonds. The first-order valence-electron chi connectivity index (χ1n) is 4.59. The van der Waals surface area contributed by atoms with Gasteiger partial charge in [0.1, 0.15) is 5.78 Å². The molecule has 0 aliphatic heterocycles. The summed E-state index contributed by atoms with van der Waals surface area (Å²) >= 11 is 0. The van der Waals surface area contributed by atoms with Crippen molar-refractivity contribution in [1.29, 1.82) is 0 Å². The zero-order chi connectivity index (χ0) is 10.0. The van der Waals surface area contributed by atoms with E-state index in [4.69, 9.17) is 5.11 Å². The molecule has 1 rings (SSSR count). The number of hydrogen-bond donors (Lipinski definition) is 2. The number of ketones is 1. The maximum Gasteiger partial charge on any atom is 0.138 e. The first-order valence-corrected chi connectivity index (χ1v) is 4.59. The van der Waals surface area contributed by atoms with Crippen molar-refractivity contribution in [3.8, 4) is 0 Å². The van der Waals surface area contributed by atoms with Gasteiger partial charge in [-0.1, -0.05) is 19.1 Å². The van der Waals surface area contributed by atoms with Crippen molar-refractivity contribution < 1.29 is 15.0 Å². The Bertz CT molecular complexity index is 220. The van der Waals surface area contributed by atoms with Gasteiger partial charge in [0.2, 0.25) is 0 Å². The quantitative estimate of drug-likeness (QED) is 0.615. The van der Waals surface area contributed by atoms with E-state index >= 15 is 0 Å². The number of hydrogen-bond acceptors (Lipinski definition) is 3. The highest BCUT2D eigenvalue weighted by Gasteiger charge is 2.36. The smallest absolute Gasteiger partial charge is 0.138 e. The molecule has 2 N–H and O–H groups in total. The minimum atomic E-state index is -0.572. The lowest BCUT2D eigenvalue weighted by molar-refractivity contribution is -0.120. The third-order valence-electron chi connectivity index (χ3n) is 2.55. The summed E-state index contributed by atoms with van der Waals surface area (Å²) in [5.41, 5.74) is 0. The second-order valence-electron chi connectivity index (χ2n) is 3.73. The van der Waals surface area contributed by atoms with Crippen LogP contribution in [0, 0.1) is 11.8 Å². The average molecular weight is 184 g/mol. The fraction of sp³-hybridized carbons (Fsp3) is 0.700. The molecule has 1 aliphatic rings. The number of carbonyl (C=O) groups excluding carboxylic acids is 1. The van der Waals surface area contributed by atoms with E-state index in [1.165, 1.54) is 0 Å². The average Bonchev–Trinajstić information content (AvgIpc) is 2.24. The summed E-state index contributed by atoms with van der Waals surface area (Å²) in [5.74, 6) is -0.139. The van der Waals surface area contributed by atoms with Gasteiger partial charge in [0.05, 0.1) is 12.2 Å². The van der Waals surface area contributed by atoms with Gasteiger partial charge in [-0.3, -0.25) is 4.79 Å². The Labute approximate surface area is 78.1 Å². The third kappa shape index (κ3) is 2.39. The van der Waals surface area contributed by atoms with Crippen molar-refractivity contribution in [2.75, 3.05) is 0 Å². The van der Waals surface area contributed by atoms with Gasteiger partial charge < -0.3 is 10.2 Å². The predicted molar refractivity (Wildman–Crippen MR) is 49.1 cm³/mol. The zero-order valence-corrected chi connectivity index (χ0v) is 7.97. The monoisotopic (exact) mass is 184 g/mol. The molecule has 13 heavy (non-hydrogen) atoms. The summed E-state index contributed by atoms with van der Waals surface area (Å²) < 4.78 is 0. The lowest BCUT2D eigenvalue weighted by Gasteiger charge is -2.12. The first kappa shape index (κ1) is 10.4. The van der Waals surface area contributed by atoms with E-state index < -0.39 is 12.2 Å². The highest BCUT2D eigenvalue weighted by atomic mass is 16.3. The topological polar surface area (TPSA) is 57.5 Å². The van der Waals surface area contributed by atoms with Crippen molar-refractivity contribution in [2.24, 2.45) is 11.8 Å². The van der Waals surface area contributed by atoms with Gasteiger partial charge in [-0.2, -0.15) is 0 Å². The summed E-state index contributed by atoms with van der Waals surface area (Å²) in [7, 11) is 0. The van der Waals surface area contributed by atoms with Crippen LogP contribution < -0.4 is 0 Å². The molecule has 0 heterocycles. The van der Waals surface area contributed by atoms with Crippen LogP contribution in [0.5, 0.6) is 0 Å². The molecule has 0 aromatic carbocycles. The Hall–Kier alpha value is -0.670.